The standard InChI is InChI=1S/C25H55NO6Si3/c1-10-33(11-2,12-3)30-21-20(19-26)29-24(25(27)28)23(32-35(16-7,17-8)18-9)22(21)31-34(13-4,14-5)15-6/h20-24H,10-19,26H2,1-9H3,(H,27,28)/t20-,21+,22-,23-,24?/m1/s1. The third-order valence-corrected chi connectivity index (χ3v) is 23.0. The molecule has 0 saturated carbocycles. The van der Waals surface area contributed by atoms with Crippen LogP contribution in [-0.2, 0) is 22.8 Å². The molecule has 0 spiro atoms. The molecular weight excluding hydrogens is 495 g/mol. The molecule has 0 bridgehead atoms. The van der Waals surface area contributed by atoms with E-state index in [1.165, 1.54) is 0 Å². The van der Waals surface area contributed by atoms with E-state index >= 15 is 0 Å². The van der Waals surface area contributed by atoms with E-state index in [0.29, 0.717) is 0 Å². The maximum atomic E-state index is 12.6. The summed E-state index contributed by atoms with van der Waals surface area (Å²) < 4.78 is 27.4. The van der Waals surface area contributed by atoms with Gasteiger partial charge < -0.3 is 28.9 Å². The van der Waals surface area contributed by atoms with Crippen molar-refractivity contribution >= 4 is 30.9 Å². The molecule has 1 aliphatic rings. The number of rotatable bonds is 17. The van der Waals surface area contributed by atoms with E-state index in [0.717, 1.165) is 54.4 Å². The van der Waals surface area contributed by atoms with Gasteiger partial charge in [0.1, 0.15) is 18.3 Å². The predicted octanol–water partition coefficient (Wildman–Crippen LogP) is 5.97. The van der Waals surface area contributed by atoms with Gasteiger partial charge in [0.15, 0.2) is 31.1 Å². The van der Waals surface area contributed by atoms with Gasteiger partial charge in [-0.25, -0.2) is 4.79 Å². The van der Waals surface area contributed by atoms with Crippen LogP contribution in [0.25, 0.3) is 0 Å². The Bertz CT molecular complexity index is 604. The number of carboxylic acids is 1. The lowest BCUT2D eigenvalue weighted by molar-refractivity contribution is -0.215. The van der Waals surface area contributed by atoms with Crippen LogP contribution in [0, 0.1) is 0 Å². The first kappa shape index (κ1) is 32.9. The molecule has 1 fully saturated rings. The molecule has 0 radical (unpaired) electrons. The smallest absolute Gasteiger partial charge is 0.335 e. The van der Waals surface area contributed by atoms with Gasteiger partial charge >= 0.3 is 5.97 Å². The molecule has 1 saturated heterocycles. The van der Waals surface area contributed by atoms with Crippen molar-refractivity contribution in [2.75, 3.05) is 6.54 Å². The van der Waals surface area contributed by atoms with Crippen molar-refractivity contribution in [2.45, 2.75) is 147 Å². The molecule has 3 N–H and O–H groups in total. The third kappa shape index (κ3) is 7.49. The summed E-state index contributed by atoms with van der Waals surface area (Å²) in [5, 5.41) is 10.3. The molecular formula is C25H55NO6Si3. The average Bonchev–Trinajstić information content (AvgIpc) is 2.90. The monoisotopic (exact) mass is 549 g/mol. The molecule has 5 atom stereocenters. The minimum absolute atomic E-state index is 0.194. The fraction of sp³-hybridized carbons (Fsp3) is 0.960. The number of hydrogen-bond acceptors (Lipinski definition) is 6. The van der Waals surface area contributed by atoms with Crippen molar-refractivity contribution in [3.8, 4) is 0 Å². The van der Waals surface area contributed by atoms with E-state index in [1.807, 2.05) is 0 Å². The van der Waals surface area contributed by atoms with Crippen molar-refractivity contribution in [3.63, 3.8) is 0 Å². The number of aliphatic carboxylic acids is 1. The molecule has 0 amide bonds. The highest BCUT2D eigenvalue weighted by Crippen LogP contribution is 2.39. The minimum Gasteiger partial charge on any atom is -0.479 e. The zero-order chi connectivity index (χ0) is 26.9. The molecule has 1 heterocycles. The Balaban J connectivity index is 3.74. The lowest BCUT2D eigenvalue weighted by atomic mass is 9.95. The van der Waals surface area contributed by atoms with Crippen molar-refractivity contribution < 1.29 is 27.9 Å². The third-order valence-electron chi connectivity index (χ3n) is 9.07. The van der Waals surface area contributed by atoms with Crippen LogP contribution < -0.4 is 5.73 Å². The molecule has 35 heavy (non-hydrogen) atoms. The molecule has 7 nitrogen and oxygen atoms in total. The van der Waals surface area contributed by atoms with Gasteiger partial charge in [-0.3, -0.25) is 0 Å². The van der Waals surface area contributed by atoms with E-state index in [4.69, 9.17) is 23.7 Å². The van der Waals surface area contributed by atoms with E-state index in [9.17, 15) is 9.90 Å². The highest BCUT2D eigenvalue weighted by molar-refractivity contribution is 6.74. The van der Waals surface area contributed by atoms with Gasteiger partial charge in [-0.1, -0.05) is 62.3 Å². The van der Waals surface area contributed by atoms with Crippen molar-refractivity contribution in [2.24, 2.45) is 5.73 Å². The Morgan fingerprint density at radius 2 is 0.971 bits per heavy atom. The van der Waals surface area contributed by atoms with Crippen LogP contribution in [0.15, 0.2) is 0 Å². The first-order valence-corrected chi connectivity index (χ1v) is 21.8. The lowest BCUT2D eigenvalue weighted by Gasteiger charge is -2.52. The Hall–Kier alpha value is -0.0794. The number of carboxylic acid groups (broad SMARTS) is 1. The van der Waals surface area contributed by atoms with Gasteiger partial charge in [0.25, 0.3) is 0 Å². The van der Waals surface area contributed by atoms with Crippen LogP contribution in [0.1, 0.15) is 62.3 Å². The average molecular weight is 550 g/mol. The summed E-state index contributed by atoms with van der Waals surface area (Å²) in [6.45, 7) is 19.9. The summed E-state index contributed by atoms with van der Waals surface area (Å²) >= 11 is 0. The van der Waals surface area contributed by atoms with Crippen LogP contribution in [-0.4, -0.2) is 73.1 Å². The summed E-state index contributed by atoms with van der Waals surface area (Å²) in [5.74, 6) is -1.01. The maximum absolute atomic E-state index is 12.6. The Labute approximate surface area is 218 Å². The number of hydrogen-bond donors (Lipinski definition) is 2. The summed E-state index contributed by atoms with van der Waals surface area (Å²) in [5.41, 5.74) is 6.22. The molecule has 0 aliphatic carbocycles. The Morgan fingerprint density at radius 3 is 1.26 bits per heavy atom. The normalized spacial score (nSPS) is 26.2. The fourth-order valence-corrected chi connectivity index (χ4v) is 14.1. The fourth-order valence-electron chi connectivity index (χ4n) is 5.57. The van der Waals surface area contributed by atoms with Crippen LogP contribution >= 0.6 is 0 Å². The first-order valence-electron chi connectivity index (χ1n) is 14.2. The topological polar surface area (TPSA) is 100 Å². The van der Waals surface area contributed by atoms with E-state index < -0.39 is 61.4 Å². The number of nitrogens with two attached hydrogens (primary N) is 1. The van der Waals surface area contributed by atoms with Gasteiger partial charge in [0, 0.05) is 6.54 Å². The minimum atomic E-state index is -2.17. The largest absolute Gasteiger partial charge is 0.479 e. The molecule has 1 unspecified atom stereocenters. The van der Waals surface area contributed by atoms with Gasteiger partial charge in [0.2, 0.25) is 0 Å². The van der Waals surface area contributed by atoms with Crippen LogP contribution in [0.5, 0.6) is 0 Å². The van der Waals surface area contributed by atoms with Crippen molar-refractivity contribution in [1.82, 2.24) is 0 Å². The highest BCUT2D eigenvalue weighted by atomic mass is 28.4. The molecule has 0 aromatic rings. The quantitative estimate of drug-likeness (QED) is 0.216. The van der Waals surface area contributed by atoms with Gasteiger partial charge in [-0.05, 0) is 54.4 Å². The predicted molar refractivity (Wildman–Crippen MR) is 152 cm³/mol. The van der Waals surface area contributed by atoms with Crippen molar-refractivity contribution in [3.05, 3.63) is 0 Å². The second-order valence-electron chi connectivity index (χ2n) is 10.1. The highest BCUT2D eigenvalue weighted by Gasteiger charge is 2.55. The number of ether oxygens (including phenoxy) is 1. The molecule has 10 heteroatoms. The second kappa shape index (κ2) is 14.8. The second-order valence-corrected chi connectivity index (χ2v) is 24.3. The maximum Gasteiger partial charge on any atom is 0.335 e. The van der Waals surface area contributed by atoms with Gasteiger partial charge in [-0.15, -0.1) is 0 Å². The zero-order valence-electron chi connectivity index (χ0n) is 24.0. The SMILES string of the molecule is CC[Si](CC)(CC)O[C@@H]1[C@@H](O[Si](CC)(CC)CC)[C@@H](O[Si](CC)(CC)CC)C(C(=O)O)O[C@@H]1CN. The van der Waals surface area contributed by atoms with Gasteiger partial charge in [0.05, 0.1) is 6.10 Å². The molecule has 0 aromatic heterocycles. The summed E-state index contributed by atoms with van der Waals surface area (Å²) in [4.78, 5) is 12.6. The van der Waals surface area contributed by atoms with Gasteiger partial charge in [-0.2, -0.15) is 0 Å². The molecule has 0 aromatic carbocycles. The molecule has 208 valence electrons. The Morgan fingerprint density at radius 1 is 0.657 bits per heavy atom. The van der Waals surface area contributed by atoms with Crippen molar-refractivity contribution in [1.29, 1.82) is 0 Å². The van der Waals surface area contributed by atoms with Crippen LogP contribution in [0.2, 0.25) is 54.4 Å². The summed E-state index contributed by atoms with van der Waals surface area (Å²) in [6, 6.07) is 8.66. The molecule has 1 aliphatic heterocycles. The first-order chi connectivity index (χ1) is 16.6. The van der Waals surface area contributed by atoms with E-state index in [2.05, 4.69) is 62.3 Å². The molecule has 1 rings (SSSR count). The van der Waals surface area contributed by atoms with Crippen LogP contribution in [0.4, 0.5) is 0 Å². The van der Waals surface area contributed by atoms with E-state index in [1.54, 1.807) is 0 Å². The number of carbonyl (C=O) groups is 1. The van der Waals surface area contributed by atoms with E-state index in [-0.39, 0.29) is 6.54 Å². The Kier molecular flexibility index (Phi) is 13.9. The van der Waals surface area contributed by atoms with Crippen LogP contribution in [0.3, 0.4) is 0 Å². The summed E-state index contributed by atoms with van der Waals surface area (Å²) in [7, 11) is -6.36. The summed E-state index contributed by atoms with van der Waals surface area (Å²) in [6.07, 6.45) is -3.24. The lowest BCUT2D eigenvalue weighted by Crippen LogP contribution is -2.68. The zero-order valence-corrected chi connectivity index (χ0v) is 27.0.